The maximum absolute atomic E-state index is 12.9. The standard InChI is InChI=1S/C18H24F3N3O/c1-10-3-15(18(19,20)21)23-24(10)11(2)16(25)22-17-7-12-4-13(8-17)6-14(5-12)9-17/h3,11-14H,4-9H2,1-2H3,(H,22,25). The molecule has 4 saturated carbocycles. The summed E-state index contributed by atoms with van der Waals surface area (Å²) in [6, 6.07) is 0.248. The number of carbonyl (C=O) groups is 1. The lowest BCUT2D eigenvalue weighted by atomic mass is 9.53. The average molecular weight is 355 g/mol. The normalized spacial score (nSPS) is 35.0. The predicted octanol–water partition coefficient (Wildman–Crippen LogP) is 3.86. The molecule has 0 spiro atoms. The molecule has 4 aliphatic carbocycles. The SMILES string of the molecule is Cc1cc(C(F)(F)F)nn1C(C)C(=O)NC12CC3CC(CC(C3)C1)C2. The van der Waals surface area contributed by atoms with Gasteiger partial charge in [-0.1, -0.05) is 0 Å². The number of amides is 1. The molecule has 7 heteroatoms. The summed E-state index contributed by atoms with van der Waals surface area (Å²) in [5.74, 6) is 1.88. The van der Waals surface area contributed by atoms with Crippen LogP contribution in [0.15, 0.2) is 6.07 Å². The molecule has 4 nitrogen and oxygen atoms in total. The van der Waals surface area contributed by atoms with Crippen LogP contribution in [0.25, 0.3) is 0 Å². The van der Waals surface area contributed by atoms with Crippen molar-refractivity contribution in [3.8, 4) is 0 Å². The molecule has 0 aromatic carbocycles. The van der Waals surface area contributed by atoms with E-state index in [0.717, 1.165) is 25.3 Å². The number of nitrogens with zero attached hydrogens (tertiary/aromatic N) is 2. The van der Waals surface area contributed by atoms with Crippen molar-refractivity contribution >= 4 is 5.91 Å². The molecule has 1 amide bonds. The van der Waals surface area contributed by atoms with Gasteiger partial charge < -0.3 is 5.32 Å². The Labute approximate surface area is 145 Å². The van der Waals surface area contributed by atoms with Gasteiger partial charge in [-0.2, -0.15) is 18.3 Å². The summed E-state index contributed by atoms with van der Waals surface area (Å²) in [5, 5.41) is 6.84. The molecule has 1 aromatic rings. The second-order valence-electron chi connectivity index (χ2n) is 8.48. The van der Waals surface area contributed by atoms with E-state index in [1.165, 1.54) is 23.9 Å². The van der Waals surface area contributed by atoms with Gasteiger partial charge in [0.25, 0.3) is 0 Å². The fraction of sp³-hybridized carbons (Fsp3) is 0.778. The summed E-state index contributed by atoms with van der Waals surface area (Å²) in [6.07, 6.45) is 2.38. The monoisotopic (exact) mass is 355 g/mol. The number of hydrogen-bond acceptors (Lipinski definition) is 2. The summed E-state index contributed by atoms with van der Waals surface area (Å²) >= 11 is 0. The van der Waals surface area contributed by atoms with Crippen molar-refractivity contribution in [1.29, 1.82) is 0 Å². The van der Waals surface area contributed by atoms with Crippen LogP contribution in [0.3, 0.4) is 0 Å². The van der Waals surface area contributed by atoms with Gasteiger partial charge in [-0.05, 0) is 76.2 Å². The third-order valence-electron chi connectivity index (χ3n) is 6.39. The lowest BCUT2D eigenvalue weighted by Crippen LogP contribution is -2.60. The maximum atomic E-state index is 12.9. The highest BCUT2D eigenvalue weighted by atomic mass is 19.4. The van der Waals surface area contributed by atoms with E-state index in [2.05, 4.69) is 10.4 Å². The van der Waals surface area contributed by atoms with Gasteiger partial charge in [-0.25, -0.2) is 0 Å². The molecule has 0 saturated heterocycles. The Morgan fingerprint density at radius 1 is 1.24 bits per heavy atom. The molecule has 4 bridgehead atoms. The van der Waals surface area contributed by atoms with E-state index < -0.39 is 17.9 Å². The van der Waals surface area contributed by atoms with Gasteiger partial charge in [0.15, 0.2) is 5.69 Å². The van der Waals surface area contributed by atoms with Crippen molar-refractivity contribution in [3.63, 3.8) is 0 Å². The van der Waals surface area contributed by atoms with Gasteiger partial charge in [0.1, 0.15) is 6.04 Å². The number of aryl methyl sites for hydroxylation is 1. The quantitative estimate of drug-likeness (QED) is 0.895. The summed E-state index contributed by atoms with van der Waals surface area (Å²) in [7, 11) is 0. The van der Waals surface area contributed by atoms with E-state index in [-0.39, 0.29) is 11.4 Å². The fourth-order valence-electron chi connectivity index (χ4n) is 5.76. The molecular weight excluding hydrogens is 331 g/mol. The Bertz CT molecular complexity index is 659. The Hall–Kier alpha value is -1.53. The van der Waals surface area contributed by atoms with E-state index in [0.29, 0.717) is 23.4 Å². The molecule has 4 aliphatic rings. The number of hydrogen-bond donors (Lipinski definition) is 1. The first-order valence-corrected chi connectivity index (χ1v) is 9.10. The van der Waals surface area contributed by atoms with Gasteiger partial charge in [-0.15, -0.1) is 0 Å². The first-order chi connectivity index (χ1) is 11.7. The zero-order valence-corrected chi connectivity index (χ0v) is 14.6. The average Bonchev–Trinajstić information content (AvgIpc) is 2.86. The second kappa shape index (κ2) is 5.48. The van der Waals surface area contributed by atoms with Crippen LogP contribution in [-0.4, -0.2) is 21.2 Å². The summed E-state index contributed by atoms with van der Waals surface area (Å²) in [6.45, 7) is 3.17. The molecule has 25 heavy (non-hydrogen) atoms. The van der Waals surface area contributed by atoms with Crippen molar-refractivity contribution < 1.29 is 18.0 Å². The zero-order chi connectivity index (χ0) is 18.0. The highest BCUT2D eigenvalue weighted by Gasteiger charge is 2.51. The lowest BCUT2D eigenvalue weighted by Gasteiger charge is -2.57. The third-order valence-corrected chi connectivity index (χ3v) is 6.39. The smallest absolute Gasteiger partial charge is 0.349 e. The molecule has 0 aliphatic heterocycles. The Morgan fingerprint density at radius 3 is 2.20 bits per heavy atom. The van der Waals surface area contributed by atoms with Crippen molar-refractivity contribution in [2.75, 3.05) is 0 Å². The van der Waals surface area contributed by atoms with Crippen LogP contribution in [0.1, 0.15) is 62.9 Å². The Kier molecular flexibility index (Phi) is 3.71. The maximum Gasteiger partial charge on any atom is 0.435 e. The zero-order valence-electron chi connectivity index (χ0n) is 14.6. The van der Waals surface area contributed by atoms with Crippen LogP contribution in [-0.2, 0) is 11.0 Å². The highest BCUT2D eigenvalue weighted by Crippen LogP contribution is 2.55. The lowest BCUT2D eigenvalue weighted by molar-refractivity contribution is -0.142. The number of alkyl halides is 3. The van der Waals surface area contributed by atoms with Gasteiger partial charge in [0, 0.05) is 11.2 Å². The second-order valence-corrected chi connectivity index (χ2v) is 8.48. The molecule has 1 atom stereocenters. The van der Waals surface area contributed by atoms with E-state index >= 15 is 0 Å². The van der Waals surface area contributed by atoms with Gasteiger partial charge in [0.05, 0.1) is 0 Å². The van der Waals surface area contributed by atoms with Crippen molar-refractivity contribution in [2.24, 2.45) is 17.8 Å². The van der Waals surface area contributed by atoms with E-state index in [4.69, 9.17) is 0 Å². The minimum Gasteiger partial charge on any atom is -0.349 e. The molecule has 1 aromatic heterocycles. The number of aromatic nitrogens is 2. The van der Waals surface area contributed by atoms with Crippen LogP contribution in [0.5, 0.6) is 0 Å². The number of carbonyl (C=O) groups excluding carboxylic acids is 1. The number of halogens is 3. The van der Waals surface area contributed by atoms with Gasteiger partial charge >= 0.3 is 6.18 Å². The number of nitrogens with one attached hydrogen (secondary N) is 1. The van der Waals surface area contributed by atoms with E-state index in [9.17, 15) is 18.0 Å². The Morgan fingerprint density at radius 2 is 1.76 bits per heavy atom. The summed E-state index contributed by atoms with van der Waals surface area (Å²) in [5.41, 5.74) is -0.742. The molecular formula is C18H24F3N3O. The van der Waals surface area contributed by atoms with Crippen LogP contribution >= 0.6 is 0 Å². The molecule has 4 fully saturated rings. The third kappa shape index (κ3) is 2.95. The van der Waals surface area contributed by atoms with Crippen LogP contribution in [0, 0.1) is 24.7 Å². The topological polar surface area (TPSA) is 46.9 Å². The van der Waals surface area contributed by atoms with Crippen LogP contribution < -0.4 is 5.32 Å². The van der Waals surface area contributed by atoms with Crippen LogP contribution in [0.2, 0.25) is 0 Å². The van der Waals surface area contributed by atoms with Crippen molar-refractivity contribution in [1.82, 2.24) is 15.1 Å². The predicted molar refractivity (Wildman–Crippen MR) is 85.7 cm³/mol. The first-order valence-electron chi connectivity index (χ1n) is 9.10. The van der Waals surface area contributed by atoms with Crippen molar-refractivity contribution in [3.05, 3.63) is 17.5 Å². The largest absolute Gasteiger partial charge is 0.435 e. The first kappa shape index (κ1) is 16.9. The molecule has 138 valence electrons. The van der Waals surface area contributed by atoms with Gasteiger partial charge in [0.2, 0.25) is 5.91 Å². The van der Waals surface area contributed by atoms with E-state index in [1.54, 1.807) is 13.8 Å². The van der Waals surface area contributed by atoms with Crippen molar-refractivity contribution in [2.45, 2.75) is 70.1 Å². The molecule has 0 radical (unpaired) electrons. The molecule has 5 rings (SSSR count). The minimum atomic E-state index is -4.49. The number of rotatable bonds is 3. The highest BCUT2D eigenvalue weighted by molar-refractivity contribution is 5.80. The molecule has 1 unspecified atom stereocenters. The Balaban J connectivity index is 1.51. The molecule has 1 heterocycles. The van der Waals surface area contributed by atoms with E-state index in [1.807, 2.05) is 0 Å². The summed E-state index contributed by atoms with van der Waals surface area (Å²) < 4.78 is 39.8. The fourth-order valence-corrected chi connectivity index (χ4v) is 5.76. The summed E-state index contributed by atoms with van der Waals surface area (Å²) in [4.78, 5) is 12.8. The minimum absolute atomic E-state index is 0.145. The van der Waals surface area contributed by atoms with Crippen LogP contribution in [0.4, 0.5) is 13.2 Å². The molecule has 1 N–H and O–H groups in total. The van der Waals surface area contributed by atoms with Gasteiger partial charge in [-0.3, -0.25) is 9.48 Å².